The first-order valence-corrected chi connectivity index (χ1v) is 7.12. The zero-order valence-corrected chi connectivity index (χ0v) is 12.0. The van der Waals surface area contributed by atoms with Gasteiger partial charge in [-0.05, 0) is 24.3 Å². The van der Waals surface area contributed by atoms with E-state index in [2.05, 4.69) is 15.2 Å². The highest BCUT2D eigenvalue weighted by molar-refractivity contribution is 6.05. The SMILES string of the molecule is O=C(Nc1ccc(N2CCOCC2)cn1)c1ccccc1O. The number of aromatic nitrogens is 1. The number of hydrogen-bond acceptors (Lipinski definition) is 5. The van der Waals surface area contributed by atoms with E-state index >= 15 is 0 Å². The van der Waals surface area contributed by atoms with Crippen molar-refractivity contribution in [1.82, 2.24) is 4.98 Å². The van der Waals surface area contributed by atoms with Gasteiger partial charge in [0.25, 0.3) is 5.91 Å². The smallest absolute Gasteiger partial charge is 0.260 e. The molecule has 1 aliphatic heterocycles. The van der Waals surface area contributed by atoms with Crippen LogP contribution in [0.2, 0.25) is 0 Å². The lowest BCUT2D eigenvalue weighted by Crippen LogP contribution is -2.36. The number of aromatic hydroxyl groups is 1. The van der Waals surface area contributed by atoms with Gasteiger partial charge in [0.05, 0.1) is 30.7 Å². The second kappa shape index (κ2) is 6.44. The summed E-state index contributed by atoms with van der Waals surface area (Å²) in [5.74, 6) is 0.0138. The highest BCUT2D eigenvalue weighted by atomic mass is 16.5. The van der Waals surface area contributed by atoms with Crippen LogP contribution in [0.1, 0.15) is 10.4 Å². The van der Waals surface area contributed by atoms with Crippen molar-refractivity contribution in [3.05, 3.63) is 48.2 Å². The van der Waals surface area contributed by atoms with Gasteiger partial charge >= 0.3 is 0 Å². The summed E-state index contributed by atoms with van der Waals surface area (Å²) in [6.07, 6.45) is 1.73. The van der Waals surface area contributed by atoms with Gasteiger partial charge in [0.1, 0.15) is 11.6 Å². The van der Waals surface area contributed by atoms with Gasteiger partial charge in [-0.2, -0.15) is 0 Å². The number of anilines is 2. The van der Waals surface area contributed by atoms with E-state index in [1.807, 2.05) is 6.07 Å². The van der Waals surface area contributed by atoms with E-state index in [9.17, 15) is 9.90 Å². The number of ether oxygens (including phenoxy) is 1. The lowest BCUT2D eigenvalue weighted by molar-refractivity contribution is 0.102. The average molecular weight is 299 g/mol. The van der Waals surface area contributed by atoms with Crippen molar-refractivity contribution in [2.24, 2.45) is 0 Å². The van der Waals surface area contributed by atoms with Crippen LogP contribution in [-0.2, 0) is 4.74 Å². The van der Waals surface area contributed by atoms with E-state index in [0.717, 1.165) is 18.8 Å². The minimum atomic E-state index is -0.385. The van der Waals surface area contributed by atoms with Crippen molar-refractivity contribution in [2.75, 3.05) is 36.5 Å². The Morgan fingerprint density at radius 3 is 2.64 bits per heavy atom. The fourth-order valence-corrected chi connectivity index (χ4v) is 2.32. The Labute approximate surface area is 128 Å². The highest BCUT2D eigenvalue weighted by Crippen LogP contribution is 2.19. The number of phenolic OH excluding ortho intramolecular Hbond substituents is 1. The van der Waals surface area contributed by atoms with E-state index in [1.54, 1.807) is 30.5 Å². The van der Waals surface area contributed by atoms with Crippen LogP contribution in [0.25, 0.3) is 0 Å². The molecule has 2 aromatic rings. The third kappa shape index (κ3) is 3.17. The van der Waals surface area contributed by atoms with Crippen LogP contribution in [-0.4, -0.2) is 42.3 Å². The quantitative estimate of drug-likeness (QED) is 0.905. The van der Waals surface area contributed by atoms with Crippen molar-refractivity contribution in [3.8, 4) is 5.75 Å². The Morgan fingerprint density at radius 1 is 1.18 bits per heavy atom. The molecule has 0 unspecified atom stereocenters. The molecule has 114 valence electrons. The van der Waals surface area contributed by atoms with Crippen molar-refractivity contribution in [3.63, 3.8) is 0 Å². The lowest BCUT2D eigenvalue weighted by atomic mass is 10.2. The topological polar surface area (TPSA) is 74.7 Å². The molecule has 1 amide bonds. The maximum absolute atomic E-state index is 12.1. The molecule has 6 nitrogen and oxygen atoms in total. The molecule has 0 aliphatic carbocycles. The molecule has 0 radical (unpaired) electrons. The molecule has 0 spiro atoms. The normalized spacial score (nSPS) is 14.6. The minimum absolute atomic E-state index is 0.0510. The number of benzene rings is 1. The van der Waals surface area contributed by atoms with Crippen LogP contribution in [0, 0.1) is 0 Å². The fourth-order valence-electron chi connectivity index (χ4n) is 2.32. The zero-order valence-electron chi connectivity index (χ0n) is 12.0. The van der Waals surface area contributed by atoms with Crippen LogP contribution in [0.5, 0.6) is 5.75 Å². The number of para-hydroxylation sites is 1. The van der Waals surface area contributed by atoms with Crippen LogP contribution in [0.4, 0.5) is 11.5 Å². The number of carbonyl (C=O) groups excluding carboxylic acids is 1. The summed E-state index contributed by atoms with van der Waals surface area (Å²) in [6, 6.07) is 10.1. The highest BCUT2D eigenvalue weighted by Gasteiger charge is 2.13. The van der Waals surface area contributed by atoms with Gasteiger partial charge in [-0.25, -0.2) is 4.98 Å². The Kier molecular flexibility index (Phi) is 4.20. The molecule has 1 fully saturated rings. The maximum atomic E-state index is 12.1. The number of nitrogens with zero attached hydrogens (tertiary/aromatic N) is 2. The van der Waals surface area contributed by atoms with E-state index in [4.69, 9.17) is 4.74 Å². The summed E-state index contributed by atoms with van der Waals surface area (Å²) in [7, 11) is 0. The summed E-state index contributed by atoms with van der Waals surface area (Å²) >= 11 is 0. The number of morpholine rings is 1. The molecular weight excluding hydrogens is 282 g/mol. The molecule has 3 rings (SSSR count). The molecule has 1 aliphatic rings. The molecule has 0 saturated carbocycles. The first-order valence-electron chi connectivity index (χ1n) is 7.12. The summed E-state index contributed by atoms with van der Waals surface area (Å²) in [5, 5.41) is 12.3. The molecule has 2 heterocycles. The first kappa shape index (κ1) is 14.3. The molecule has 6 heteroatoms. The van der Waals surface area contributed by atoms with E-state index in [1.165, 1.54) is 6.07 Å². The van der Waals surface area contributed by atoms with Crippen molar-refractivity contribution >= 4 is 17.4 Å². The summed E-state index contributed by atoms with van der Waals surface area (Å²) < 4.78 is 5.31. The third-order valence-electron chi connectivity index (χ3n) is 3.51. The summed E-state index contributed by atoms with van der Waals surface area (Å²) in [4.78, 5) is 18.5. The Balaban J connectivity index is 1.68. The van der Waals surface area contributed by atoms with Gasteiger partial charge in [0.15, 0.2) is 0 Å². The van der Waals surface area contributed by atoms with Crippen LogP contribution in [0.15, 0.2) is 42.6 Å². The molecule has 2 N–H and O–H groups in total. The second-order valence-corrected chi connectivity index (χ2v) is 4.97. The number of nitrogens with one attached hydrogen (secondary N) is 1. The van der Waals surface area contributed by atoms with Crippen molar-refractivity contribution < 1.29 is 14.6 Å². The zero-order chi connectivity index (χ0) is 15.4. The monoisotopic (exact) mass is 299 g/mol. The number of hydrogen-bond donors (Lipinski definition) is 2. The predicted molar refractivity (Wildman–Crippen MR) is 83.3 cm³/mol. The standard InChI is InChI=1S/C16H17N3O3/c20-14-4-2-1-3-13(14)16(21)18-15-6-5-12(11-17-15)19-7-9-22-10-8-19/h1-6,11,20H,7-10H2,(H,17,18,21). The van der Waals surface area contributed by atoms with Crippen LogP contribution >= 0.6 is 0 Å². The molecule has 1 saturated heterocycles. The molecule has 0 bridgehead atoms. The predicted octanol–water partition coefficient (Wildman–Crippen LogP) is 1.88. The van der Waals surface area contributed by atoms with Gasteiger partial charge in [-0.1, -0.05) is 12.1 Å². The number of carbonyl (C=O) groups is 1. The number of phenols is 1. The number of amides is 1. The summed E-state index contributed by atoms with van der Waals surface area (Å²) in [6.45, 7) is 3.11. The van der Waals surface area contributed by atoms with E-state index < -0.39 is 0 Å². The van der Waals surface area contributed by atoms with Crippen LogP contribution < -0.4 is 10.2 Å². The largest absolute Gasteiger partial charge is 0.507 e. The Hall–Kier alpha value is -2.60. The van der Waals surface area contributed by atoms with Gasteiger partial charge in [-0.3, -0.25) is 4.79 Å². The second-order valence-electron chi connectivity index (χ2n) is 4.97. The van der Waals surface area contributed by atoms with Gasteiger partial charge in [0, 0.05) is 13.1 Å². The number of pyridine rings is 1. The van der Waals surface area contributed by atoms with Crippen molar-refractivity contribution in [2.45, 2.75) is 0 Å². The van der Waals surface area contributed by atoms with E-state index in [0.29, 0.717) is 19.0 Å². The fraction of sp³-hybridized carbons (Fsp3) is 0.250. The third-order valence-corrected chi connectivity index (χ3v) is 3.51. The van der Waals surface area contributed by atoms with E-state index in [-0.39, 0.29) is 17.2 Å². The Bertz CT molecular complexity index is 652. The lowest BCUT2D eigenvalue weighted by Gasteiger charge is -2.28. The Morgan fingerprint density at radius 2 is 1.95 bits per heavy atom. The minimum Gasteiger partial charge on any atom is -0.507 e. The molecule has 1 aromatic carbocycles. The number of rotatable bonds is 3. The first-order chi connectivity index (χ1) is 10.7. The molecular formula is C16H17N3O3. The molecule has 22 heavy (non-hydrogen) atoms. The van der Waals surface area contributed by atoms with Gasteiger partial charge in [-0.15, -0.1) is 0 Å². The van der Waals surface area contributed by atoms with Gasteiger partial charge in [0.2, 0.25) is 0 Å². The molecule has 0 atom stereocenters. The maximum Gasteiger partial charge on any atom is 0.260 e. The summed E-state index contributed by atoms with van der Waals surface area (Å²) in [5.41, 5.74) is 1.23. The average Bonchev–Trinajstić information content (AvgIpc) is 2.57. The van der Waals surface area contributed by atoms with Gasteiger partial charge < -0.3 is 20.1 Å². The van der Waals surface area contributed by atoms with Crippen molar-refractivity contribution in [1.29, 1.82) is 0 Å². The van der Waals surface area contributed by atoms with Crippen LogP contribution in [0.3, 0.4) is 0 Å². The molecule has 1 aromatic heterocycles.